The van der Waals surface area contributed by atoms with Gasteiger partial charge in [-0.3, -0.25) is 0 Å². The molecule has 3 nitrogen and oxygen atoms in total. The molecular formula is C18H25N3. The minimum Gasteiger partial charge on any atom is -0.333 e. The van der Waals surface area contributed by atoms with Gasteiger partial charge in [0.25, 0.3) is 0 Å². The molecule has 1 fully saturated rings. The summed E-state index contributed by atoms with van der Waals surface area (Å²) in [5.41, 5.74) is 2.97. The summed E-state index contributed by atoms with van der Waals surface area (Å²) in [6, 6.07) is 9.42. The van der Waals surface area contributed by atoms with E-state index in [2.05, 4.69) is 66.1 Å². The molecular weight excluding hydrogens is 258 g/mol. The lowest BCUT2D eigenvalue weighted by atomic mass is 10.0. The molecule has 1 aromatic carbocycles. The maximum Gasteiger partial charge on any atom is 0.108 e. The van der Waals surface area contributed by atoms with Crippen LogP contribution < -0.4 is 5.32 Å². The van der Waals surface area contributed by atoms with Gasteiger partial charge in [0.05, 0.1) is 0 Å². The monoisotopic (exact) mass is 283 g/mol. The van der Waals surface area contributed by atoms with E-state index in [4.69, 9.17) is 0 Å². The Hall–Kier alpha value is -1.61. The predicted octanol–water partition coefficient (Wildman–Crippen LogP) is 3.42. The van der Waals surface area contributed by atoms with Crippen LogP contribution in [0.15, 0.2) is 36.7 Å². The third kappa shape index (κ3) is 3.03. The lowest BCUT2D eigenvalue weighted by molar-refractivity contribution is 0.396. The van der Waals surface area contributed by atoms with Crippen LogP contribution in [0, 0.1) is 6.92 Å². The molecule has 1 heterocycles. The van der Waals surface area contributed by atoms with Crippen molar-refractivity contribution in [1.82, 2.24) is 14.9 Å². The number of aryl methyl sites for hydroxylation is 2. The standard InChI is InChI=1S/C18H25N3/c1-4-17-19-11-12-21(17)13-15(3)20-18(9-10-18)16-7-5-14(2)6-8-16/h5-8,11-12,15,20H,4,9-10,13H2,1-3H3. The van der Waals surface area contributed by atoms with Crippen LogP contribution in [0.2, 0.25) is 0 Å². The van der Waals surface area contributed by atoms with Crippen LogP contribution >= 0.6 is 0 Å². The number of imidazole rings is 1. The Bertz CT molecular complexity index is 593. The van der Waals surface area contributed by atoms with Gasteiger partial charge in [-0.25, -0.2) is 4.98 Å². The van der Waals surface area contributed by atoms with Crippen molar-refractivity contribution in [2.75, 3.05) is 0 Å². The maximum absolute atomic E-state index is 4.40. The molecule has 1 aliphatic carbocycles. The Balaban J connectivity index is 1.67. The Labute approximate surface area is 127 Å². The molecule has 0 saturated heterocycles. The third-order valence-corrected chi connectivity index (χ3v) is 4.47. The van der Waals surface area contributed by atoms with Crippen molar-refractivity contribution in [3.05, 3.63) is 53.6 Å². The molecule has 1 aromatic heterocycles. The van der Waals surface area contributed by atoms with E-state index in [9.17, 15) is 0 Å². The van der Waals surface area contributed by atoms with Gasteiger partial charge in [0.1, 0.15) is 5.82 Å². The second-order valence-corrected chi connectivity index (χ2v) is 6.34. The Morgan fingerprint density at radius 2 is 2.00 bits per heavy atom. The minimum atomic E-state index is 0.208. The van der Waals surface area contributed by atoms with Gasteiger partial charge < -0.3 is 9.88 Å². The van der Waals surface area contributed by atoms with E-state index >= 15 is 0 Å². The number of benzene rings is 1. The summed E-state index contributed by atoms with van der Waals surface area (Å²) < 4.78 is 2.27. The van der Waals surface area contributed by atoms with Crippen LogP contribution in [0.1, 0.15) is 43.6 Å². The zero-order valence-corrected chi connectivity index (χ0v) is 13.3. The first kappa shape index (κ1) is 14.3. The Morgan fingerprint density at radius 1 is 1.29 bits per heavy atom. The summed E-state index contributed by atoms with van der Waals surface area (Å²) in [7, 11) is 0. The van der Waals surface area contributed by atoms with Crippen molar-refractivity contribution < 1.29 is 0 Å². The molecule has 1 aliphatic rings. The van der Waals surface area contributed by atoms with Crippen molar-refractivity contribution in [2.24, 2.45) is 0 Å². The van der Waals surface area contributed by atoms with Gasteiger partial charge in [-0.2, -0.15) is 0 Å². The molecule has 0 bridgehead atoms. The van der Waals surface area contributed by atoms with E-state index in [1.54, 1.807) is 0 Å². The fourth-order valence-electron chi connectivity index (χ4n) is 3.15. The summed E-state index contributed by atoms with van der Waals surface area (Å²) in [6.45, 7) is 7.56. The molecule has 1 atom stereocenters. The SMILES string of the molecule is CCc1nccn1CC(C)NC1(c2ccc(C)cc2)CC1. The van der Waals surface area contributed by atoms with E-state index in [0.29, 0.717) is 6.04 Å². The highest BCUT2D eigenvalue weighted by molar-refractivity contribution is 5.32. The van der Waals surface area contributed by atoms with Gasteiger partial charge in [0.15, 0.2) is 0 Å². The summed E-state index contributed by atoms with van der Waals surface area (Å²) >= 11 is 0. The van der Waals surface area contributed by atoms with E-state index < -0.39 is 0 Å². The van der Waals surface area contributed by atoms with Gasteiger partial charge in [0, 0.05) is 36.9 Å². The molecule has 1 saturated carbocycles. The molecule has 3 heteroatoms. The minimum absolute atomic E-state index is 0.208. The van der Waals surface area contributed by atoms with Crippen LogP contribution in [0.5, 0.6) is 0 Å². The zero-order valence-electron chi connectivity index (χ0n) is 13.3. The Kier molecular flexibility index (Phi) is 3.85. The molecule has 0 aliphatic heterocycles. The molecule has 1 N–H and O–H groups in total. The van der Waals surface area contributed by atoms with Gasteiger partial charge in [-0.1, -0.05) is 36.8 Å². The summed E-state index contributed by atoms with van der Waals surface area (Å²) in [5, 5.41) is 3.84. The molecule has 21 heavy (non-hydrogen) atoms. The molecule has 0 radical (unpaired) electrons. The molecule has 0 spiro atoms. The van der Waals surface area contributed by atoms with E-state index in [1.807, 2.05) is 6.20 Å². The molecule has 0 amide bonds. The van der Waals surface area contributed by atoms with E-state index in [-0.39, 0.29) is 5.54 Å². The smallest absolute Gasteiger partial charge is 0.108 e. The first-order valence-electron chi connectivity index (χ1n) is 7.98. The van der Waals surface area contributed by atoms with E-state index in [1.165, 1.54) is 29.8 Å². The fourth-order valence-corrected chi connectivity index (χ4v) is 3.15. The topological polar surface area (TPSA) is 29.9 Å². The second kappa shape index (κ2) is 5.64. The normalized spacial score (nSPS) is 17.7. The van der Waals surface area contributed by atoms with Crippen molar-refractivity contribution in [3.63, 3.8) is 0 Å². The van der Waals surface area contributed by atoms with Gasteiger partial charge >= 0.3 is 0 Å². The molecule has 2 aromatic rings. The largest absolute Gasteiger partial charge is 0.333 e. The summed E-state index contributed by atoms with van der Waals surface area (Å²) in [4.78, 5) is 4.40. The first-order chi connectivity index (χ1) is 10.1. The molecule has 112 valence electrons. The van der Waals surface area contributed by atoms with Crippen molar-refractivity contribution in [3.8, 4) is 0 Å². The van der Waals surface area contributed by atoms with Crippen LogP contribution in [-0.4, -0.2) is 15.6 Å². The highest BCUT2D eigenvalue weighted by atomic mass is 15.1. The van der Waals surface area contributed by atoms with Crippen LogP contribution in [0.4, 0.5) is 0 Å². The highest BCUT2D eigenvalue weighted by Gasteiger charge is 2.44. The van der Waals surface area contributed by atoms with Gasteiger partial charge in [-0.15, -0.1) is 0 Å². The average Bonchev–Trinajstić information content (AvgIpc) is 3.10. The zero-order chi connectivity index (χ0) is 14.9. The van der Waals surface area contributed by atoms with Crippen LogP contribution in [0.3, 0.4) is 0 Å². The number of nitrogens with zero attached hydrogens (tertiary/aromatic N) is 2. The average molecular weight is 283 g/mol. The van der Waals surface area contributed by atoms with Gasteiger partial charge in [-0.05, 0) is 32.3 Å². The van der Waals surface area contributed by atoms with E-state index in [0.717, 1.165) is 13.0 Å². The molecule has 3 rings (SSSR count). The lowest BCUT2D eigenvalue weighted by Crippen LogP contribution is -2.39. The van der Waals surface area contributed by atoms with Crippen molar-refractivity contribution >= 4 is 0 Å². The van der Waals surface area contributed by atoms with Crippen LogP contribution in [-0.2, 0) is 18.5 Å². The number of hydrogen-bond acceptors (Lipinski definition) is 2. The van der Waals surface area contributed by atoms with Crippen molar-refractivity contribution in [2.45, 2.75) is 58.2 Å². The van der Waals surface area contributed by atoms with Crippen LogP contribution in [0.25, 0.3) is 0 Å². The number of rotatable bonds is 6. The quantitative estimate of drug-likeness (QED) is 0.880. The molecule has 1 unspecified atom stereocenters. The summed E-state index contributed by atoms with van der Waals surface area (Å²) in [6.07, 6.45) is 7.46. The Morgan fingerprint density at radius 3 is 2.62 bits per heavy atom. The second-order valence-electron chi connectivity index (χ2n) is 6.34. The van der Waals surface area contributed by atoms with Crippen molar-refractivity contribution in [1.29, 1.82) is 0 Å². The lowest BCUT2D eigenvalue weighted by Gasteiger charge is -2.24. The first-order valence-corrected chi connectivity index (χ1v) is 7.98. The van der Waals surface area contributed by atoms with Gasteiger partial charge in [0.2, 0.25) is 0 Å². The fraction of sp³-hybridized carbons (Fsp3) is 0.500. The summed E-state index contributed by atoms with van der Waals surface area (Å²) in [5.74, 6) is 1.17. The maximum atomic E-state index is 4.40. The number of nitrogens with one attached hydrogen (secondary N) is 1. The number of hydrogen-bond donors (Lipinski definition) is 1. The third-order valence-electron chi connectivity index (χ3n) is 4.47. The predicted molar refractivity (Wildman–Crippen MR) is 86.3 cm³/mol. The number of aromatic nitrogens is 2. The highest BCUT2D eigenvalue weighted by Crippen LogP contribution is 2.45.